The molecule has 2 atom stereocenters. The zero-order chi connectivity index (χ0) is 29.0. The standard InChI is InChI=1S/C25H44N4O9/c1-17(2)20(30)6-5-19(24(35)36)28-11-7-26(15-21(31)32)9-13-29(23(18(3)4)25(37)38)14-10-27(8-12-28)16-22(33)34/h17-19,23H,5-16H2,1-4H3,(H,31,32)(H,33,34)(H,35,36)(H,37,38). The molecule has 1 rings (SSSR count). The lowest BCUT2D eigenvalue weighted by molar-refractivity contribution is -0.146. The fourth-order valence-corrected chi connectivity index (χ4v) is 4.71. The molecule has 218 valence electrons. The van der Waals surface area contributed by atoms with E-state index in [1.54, 1.807) is 47.3 Å². The van der Waals surface area contributed by atoms with Crippen LogP contribution in [0.25, 0.3) is 0 Å². The highest BCUT2D eigenvalue weighted by atomic mass is 16.4. The Morgan fingerprint density at radius 1 is 0.632 bits per heavy atom. The van der Waals surface area contributed by atoms with E-state index in [0.29, 0.717) is 0 Å². The fraction of sp³-hybridized carbons (Fsp3) is 0.800. The number of aliphatic carboxylic acids is 4. The third kappa shape index (κ3) is 11.8. The number of hydrogen-bond donors (Lipinski definition) is 4. The van der Waals surface area contributed by atoms with Crippen molar-refractivity contribution in [2.75, 3.05) is 65.4 Å². The zero-order valence-electron chi connectivity index (χ0n) is 22.9. The Morgan fingerprint density at radius 2 is 1.05 bits per heavy atom. The van der Waals surface area contributed by atoms with Gasteiger partial charge in [-0.25, -0.2) is 0 Å². The van der Waals surface area contributed by atoms with Crippen molar-refractivity contribution in [3.63, 3.8) is 0 Å². The Labute approximate surface area is 224 Å². The maximum absolute atomic E-state index is 12.2. The minimum Gasteiger partial charge on any atom is -0.480 e. The Bertz CT molecular complexity index is 789. The topological polar surface area (TPSA) is 179 Å². The van der Waals surface area contributed by atoms with Gasteiger partial charge in [-0.3, -0.25) is 43.6 Å². The van der Waals surface area contributed by atoms with Crippen LogP contribution in [0, 0.1) is 11.8 Å². The molecule has 0 aliphatic carbocycles. The number of nitrogens with zero attached hydrogens (tertiary/aromatic N) is 4. The molecule has 1 aliphatic rings. The van der Waals surface area contributed by atoms with Crippen molar-refractivity contribution in [3.05, 3.63) is 0 Å². The van der Waals surface area contributed by atoms with Crippen molar-refractivity contribution in [1.29, 1.82) is 0 Å². The molecule has 1 fully saturated rings. The fourth-order valence-electron chi connectivity index (χ4n) is 4.71. The Hall–Kier alpha value is -2.61. The summed E-state index contributed by atoms with van der Waals surface area (Å²) in [5.41, 5.74) is 0. The molecule has 0 saturated carbocycles. The maximum Gasteiger partial charge on any atom is 0.321 e. The quantitative estimate of drug-likeness (QED) is 0.243. The van der Waals surface area contributed by atoms with Gasteiger partial charge in [-0.2, -0.15) is 0 Å². The normalized spacial score (nSPS) is 19.4. The number of carbonyl (C=O) groups is 5. The molecular weight excluding hydrogens is 500 g/mol. The number of carbonyl (C=O) groups excluding carboxylic acids is 1. The van der Waals surface area contributed by atoms with Gasteiger partial charge in [-0.05, 0) is 12.3 Å². The molecule has 0 spiro atoms. The summed E-state index contributed by atoms with van der Waals surface area (Å²) in [4.78, 5) is 66.2. The van der Waals surface area contributed by atoms with E-state index >= 15 is 0 Å². The van der Waals surface area contributed by atoms with Crippen LogP contribution < -0.4 is 0 Å². The predicted molar refractivity (Wildman–Crippen MR) is 138 cm³/mol. The third-order valence-electron chi connectivity index (χ3n) is 6.84. The second-order valence-electron chi connectivity index (χ2n) is 10.5. The van der Waals surface area contributed by atoms with Crippen LogP contribution in [0.1, 0.15) is 40.5 Å². The summed E-state index contributed by atoms with van der Waals surface area (Å²) in [6.45, 7) is 8.23. The van der Waals surface area contributed by atoms with E-state index in [4.69, 9.17) is 0 Å². The average Bonchev–Trinajstić information content (AvgIpc) is 2.78. The van der Waals surface area contributed by atoms with Gasteiger partial charge in [0.05, 0.1) is 13.1 Å². The van der Waals surface area contributed by atoms with Crippen molar-refractivity contribution < 1.29 is 44.4 Å². The Kier molecular flexibility index (Phi) is 14.4. The maximum atomic E-state index is 12.2. The molecule has 0 bridgehead atoms. The van der Waals surface area contributed by atoms with Gasteiger partial charge in [0, 0.05) is 64.7 Å². The molecule has 1 heterocycles. The van der Waals surface area contributed by atoms with Gasteiger partial charge in [0.25, 0.3) is 0 Å². The van der Waals surface area contributed by atoms with Gasteiger partial charge >= 0.3 is 23.9 Å². The first-order valence-corrected chi connectivity index (χ1v) is 13.1. The smallest absolute Gasteiger partial charge is 0.321 e. The minimum atomic E-state index is -1.10. The van der Waals surface area contributed by atoms with Gasteiger partial charge in [-0.1, -0.05) is 27.7 Å². The van der Waals surface area contributed by atoms with Crippen LogP contribution in [0.15, 0.2) is 0 Å². The monoisotopic (exact) mass is 544 g/mol. The Balaban J connectivity index is 3.26. The number of Topliss-reactive ketones (excluding diaryl/α,β-unsaturated/α-hetero) is 1. The number of hydrogen-bond acceptors (Lipinski definition) is 9. The van der Waals surface area contributed by atoms with Crippen molar-refractivity contribution in [2.24, 2.45) is 11.8 Å². The van der Waals surface area contributed by atoms with E-state index in [1.807, 2.05) is 0 Å². The van der Waals surface area contributed by atoms with E-state index < -0.39 is 36.0 Å². The summed E-state index contributed by atoms with van der Waals surface area (Å²) in [7, 11) is 0. The van der Waals surface area contributed by atoms with Gasteiger partial charge < -0.3 is 20.4 Å². The molecule has 13 nitrogen and oxygen atoms in total. The predicted octanol–water partition coefficient (Wildman–Crippen LogP) is -0.0551. The summed E-state index contributed by atoms with van der Waals surface area (Å²) < 4.78 is 0. The van der Waals surface area contributed by atoms with E-state index in [9.17, 15) is 44.4 Å². The van der Waals surface area contributed by atoms with E-state index in [1.165, 1.54) is 0 Å². The molecule has 0 aromatic rings. The first kappa shape index (κ1) is 33.4. The van der Waals surface area contributed by atoms with E-state index in [2.05, 4.69) is 0 Å². The minimum absolute atomic E-state index is 0.0520. The number of ketones is 1. The second-order valence-corrected chi connectivity index (χ2v) is 10.5. The lowest BCUT2D eigenvalue weighted by atomic mass is 10.0. The van der Waals surface area contributed by atoms with Gasteiger partial charge in [0.1, 0.15) is 17.9 Å². The van der Waals surface area contributed by atoms with Crippen molar-refractivity contribution in [1.82, 2.24) is 19.6 Å². The van der Waals surface area contributed by atoms with Gasteiger partial charge in [0.2, 0.25) is 0 Å². The number of carboxylic acids is 4. The molecule has 0 radical (unpaired) electrons. The molecule has 0 amide bonds. The third-order valence-corrected chi connectivity index (χ3v) is 6.84. The number of carboxylic acid groups (broad SMARTS) is 4. The molecule has 13 heteroatoms. The SMILES string of the molecule is CC(C)C(=O)CCC(C(=O)O)N1CCN(CC(=O)O)CCN(C(C(=O)O)C(C)C)CCN(CC(=O)O)CC1. The van der Waals surface area contributed by atoms with Crippen molar-refractivity contribution >= 4 is 29.7 Å². The highest BCUT2D eigenvalue weighted by Gasteiger charge is 2.32. The molecule has 2 unspecified atom stereocenters. The largest absolute Gasteiger partial charge is 0.480 e. The molecule has 38 heavy (non-hydrogen) atoms. The van der Waals surface area contributed by atoms with Crippen LogP contribution >= 0.6 is 0 Å². The molecule has 1 saturated heterocycles. The summed E-state index contributed by atoms with van der Waals surface area (Å²) in [6.07, 6.45) is 0.177. The molecular formula is C25H44N4O9. The van der Waals surface area contributed by atoms with E-state index in [-0.39, 0.29) is 95.9 Å². The highest BCUT2D eigenvalue weighted by Crippen LogP contribution is 2.15. The summed E-state index contributed by atoms with van der Waals surface area (Å²) >= 11 is 0. The lowest BCUT2D eigenvalue weighted by Gasteiger charge is -2.37. The van der Waals surface area contributed by atoms with Crippen LogP contribution in [-0.4, -0.2) is 147 Å². The molecule has 0 aromatic carbocycles. The molecule has 0 aromatic heterocycles. The van der Waals surface area contributed by atoms with Crippen LogP contribution in [0.4, 0.5) is 0 Å². The highest BCUT2D eigenvalue weighted by molar-refractivity contribution is 5.81. The van der Waals surface area contributed by atoms with Gasteiger partial charge in [-0.15, -0.1) is 0 Å². The van der Waals surface area contributed by atoms with Crippen LogP contribution in [0.2, 0.25) is 0 Å². The lowest BCUT2D eigenvalue weighted by Crippen LogP contribution is -2.54. The average molecular weight is 545 g/mol. The molecule has 1 aliphatic heterocycles. The Morgan fingerprint density at radius 3 is 1.37 bits per heavy atom. The summed E-state index contributed by atoms with van der Waals surface area (Å²) in [5.74, 6) is -4.73. The summed E-state index contributed by atoms with van der Waals surface area (Å²) in [6, 6.07) is -1.82. The molecule has 4 N–H and O–H groups in total. The second kappa shape index (κ2) is 16.4. The zero-order valence-corrected chi connectivity index (χ0v) is 22.9. The first-order chi connectivity index (χ1) is 17.7. The summed E-state index contributed by atoms with van der Waals surface area (Å²) in [5, 5.41) is 38.6. The van der Waals surface area contributed by atoms with Crippen LogP contribution in [0.3, 0.4) is 0 Å². The van der Waals surface area contributed by atoms with Crippen molar-refractivity contribution in [2.45, 2.75) is 52.6 Å². The number of rotatable bonds is 13. The van der Waals surface area contributed by atoms with Crippen molar-refractivity contribution in [3.8, 4) is 0 Å². The van der Waals surface area contributed by atoms with Crippen LogP contribution in [0.5, 0.6) is 0 Å². The van der Waals surface area contributed by atoms with Gasteiger partial charge in [0.15, 0.2) is 0 Å². The first-order valence-electron chi connectivity index (χ1n) is 13.1. The van der Waals surface area contributed by atoms with E-state index in [0.717, 1.165) is 0 Å². The van der Waals surface area contributed by atoms with Crippen LogP contribution in [-0.2, 0) is 24.0 Å².